The number of anilines is 1. The van der Waals surface area contributed by atoms with Gasteiger partial charge in [-0.15, -0.1) is 0 Å². The van der Waals surface area contributed by atoms with Crippen molar-refractivity contribution in [2.75, 3.05) is 12.1 Å². The molecule has 0 saturated carbocycles. The topological polar surface area (TPSA) is 89.0 Å². The third-order valence-corrected chi connectivity index (χ3v) is 4.00. The van der Waals surface area contributed by atoms with Gasteiger partial charge in [0.25, 0.3) is 0 Å². The molecule has 0 atom stereocenters. The quantitative estimate of drug-likeness (QED) is 0.487. The Labute approximate surface area is 152 Å². The summed E-state index contributed by atoms with van der Waals surface area (Å²) in [6.45, 7) is 0.166. The normalized spacial score (nSPS) is 12.2. The Morgan fingerprint density at radius 3 is 2.72 bits per heavy atom. The fourth-order valence-electron chi connectivity index (χ4n) is 1.99. The lowest BCUT2D eigenvalue weighted by Gasteiger charge is -2.06. The van der Waals surface area contributed by atoms with Crippen LogP contribution in [0.15, 0.2) is 41.5 Å². The summed E-state index contributed by atoms with van der Waals surface area (Å²) < 4.78 is 10.4. The summed E-state index contributed by atoms with van der Waals surface area (Å²) in [6, 6.07) is 9.84. The summed E-state index contributed by atoms with van der Waals surface area (Å²) in [5.41, 5.74) is 3.02. The third-order valence-electron chi connectivity index (χ3n) is 3.18. The van der Waals surface area contributed by atoms with Crippen molar-refractivity contribution in [2.45, 2.75) is 0 Å². The standard InChI is InChI=1S/C16H11Cl2N3O4/c17-10-2-1-3-11(14(10)18)20-15(22)16(23)21-19-7-9-4-5-12-13(6-9)25-8-24-12/h1-7H,8H2,(H,20,22)(H,21,23). The fraction of sp³-hybridized carbons (Fsp3) is 0.0625. The van der Waals surface area contributed by atoms with E-state index in [0.29, 0.717) is 17.1 Å². The summed E-state index contributed by atoms with van der Waals surface area (Å²) in [7, 11) is 0. The van der Waals surface area contributed by atoms with Gasteiger partial charge in [0, 0.05) is 0 Å². The molecule has 0 unspecified atom stereocenters. The highest BCUT2D eigenvalue weighted by molar-refractivity contribution is 6.45. The predicted octanol–water partition coefficient (Wildman–Crippen LogP) is 2.81. The molecule has 2 aromatic carbocycles. The van der Waals surface area contributed by atoms with Crippen molar-refractivity contribution in [2.24, 2.45) is 5.10 Å². The summed E-state index contributed by atoms with van der Waals surface area (Å²) in [6.07, 6.45) is 1.37. The van der Waals surface area contributed by atoms with Crippen LogP contribution in [0.2, 0.25) is 10.0 Å². The molecule has 1 aliphatic heterocycles. The first-order valence-corrected chi connectivity index (χ1v) is 7.78. The number of fused-ring (bicyclic) bond motifs is 1. The van der Waals surface area contributed by atoms with Crippen LogP contribution in [0.4, 0.5) is 5.69 Å². The molecule has 0 saturated heterocycles. The Kier molecular flexibility index (Phi) is 5.06. The Balaban J connectivity index is 1.58. The number of ether oxygens (including phenoxy) is 2. The maximum absolute atomic E-state index is 11.8. The van der Waals surface area contributed by atoms with Crippen molar-refractivity contribution in [1.29, 1.82) is 0 Å². The first-order valence-electron chi connectivity index (χ1n) is 7.02. The summed E-state index contributed by atoms with van der Waals surface area (Å²) >= 11 is 11.8. The second-order valence-electron chi connectivity index (χ2n) is 4.87. The molecule has 7 nitrogen and oxygen atoms in total. The summed E-state index contributed by atoms with van der Waals surface area (Å²) in [4.78, 5) is 23.6. The number of nitrogens with zero attached hydrogens (tertiary/aromatic N) is 1. The van der Waals surface area contributed by atoms with Crippen LogP contribution in [0.1, 0.15) is 5.56 Å². The minimum Gasteiger partial charge on any atom is -0.454 e. The van der Waals surface area contributed by atoms with E-state index in [1.165, 1.54) is 12.3 Å². The largest absolute Gasteiger partial charge is 0.454 e. The van der Waals surface area contributed by atoms with Crippen molar-refractivity contribution in [3.8, 4) is 11.5 Å². The molecule has 1 heterocycles. The first kappa shape index (κ1) is 17.1. The second-order valence-corrected chi connectivity index (χ2v) is 5.65. The minimum absolute atomic E-state index is 0.147. The molecule has 0 aliphatic carbocycles. The Hall–Kier alpha value is -2.77. The maximum atomic E-state index is 11.8. The third kappa shape index (κ3) is 4.01. The molecule has 25 heavy (non-hydrogen) atoms. The molecule has 0 fully saturated rings. The predicted molar refractivity (Wildman–Crippen MR) is 93.4 cm³/mol. The molecule has 2 N–H and O–H groups in total. The number of amides is 2. The monoisotopic (exact) mass is 379 g/mol. The van der Waals surface area contributed by atoms with Gasteiger partial charge in [0.15, 0.2) is 11.5 Å². The van der Waals surface area contributed by atoms with Crippen molar-refractivity contribution >= 4 is 46.9 Å². The van der Waals surface area contributed by atoms with Gasteiger partial charge in [0.05, 0.1) is 21.9 Å². The van der Waals surface area contributed by atoms with Crippen molar-refractivity contribution in [3.63, 3.8) is 0 Å². The highest BCUT2D eigenvalue weighted by atomic mass is 35.5. The van der Waals surface area contributed by atoms with Crippen LogP contribution in [-0.2, 0) is 9.59 Å². The highest BCUT2D eigenvalue weighted by Gasteiger charge is 2.16. The summed E-state index contributed by atoms with van der Waals surface area (Å²) in [5.74, 6) is -0.650. The molecule has 0 aromatic heterocycles. The smallest absolute Gasteiger partial charge is 0.329 e. The molecule has 2 amide bonds. The number of carbonyl (C=O) groups excluding carboxylic acids is 2. The van der Waals surface area contributed by atoms with Gasteiger partial charge in [-0.3, -0.25) is 9.59 Å². The van der Waals surface area contributed by atoms with Crippen LogP contribution in [0, 0.1) is 0 Å². The lowest BCUT2D eigenvalue weighted by molar-refractivity contribution is -0.136. The SMILES string of the molecule is O=C(NN=Cc1ccc2c(c1)OCO2)C(=O)Nc1cccc(Cl)c1Cl. The number of carbonyl (C=O) groups is 2. The van der Waals surface area contributed by atoms with Crippen molar-refractivity contribution < 1.29 is 19.1 Å². The zero-order valence-corrected chi connectivity index (χ0v) is 14.1. The van der Waals surface area contributed by atoms with Crippen LogP contribution in [-0.4, -0.2) is 24.8 Å². The highest BCUT2D eigenvalue weighted by Crippen LogP contribution is 2.32. The van der Waals surface area contributed by atoms with Gasteiger partial charge in [-0.1, -0.05) is 29.3 Å². The van der Waals surface area contributed by atoms with Crippen LogP contribution in [0.25, 0.3) is 0 Å². The van der Waals surface area contributed by atoms with Crippen LogP contribution < -0.4 is 20.2 Å². The van der Waals surface area contributed by atoms with E-state index in [9.17, 15) is 9.59 Å². The molecule has 0 radical (unpaired) electrons. The molecular weight excluding hydrogens is 369 g/mol. The number of hydrogen-bond acceptors (Lipinski definition) is 5. The van der Waals surface area contributed by atoms with Crippen molar-refractivity contribution in [1.82, 2.24) is 5.43 Å². The van der Waals surface area contributed by atoms with E-state index in [4.69, 9.17) is 32.7 Å². The van der Waals surface area contributed by atoms with E-state index in [2.05, 4.69) is 15.8 Å². The fourth-order valence-corrected chi connectivity index (χ4v) is 2.34. The number of halogens is 2. The zero-order chi connectivity index (χ0) is 17.8. The van der Waals surface area contributed by atoms with E-state index in [-0.39, 0.29) is 22.5 Å². The van der Waals surface area contributed by atoms with Gasteiger partial charge in [-0.05, 0) is 35.9 Å². The molecule has 0 bridgehead atoms. The second kappa shape index (κ2) is 7.42. The molecule has 3 rings (SSSR count). The molecule has 2 aromatic rings. The van der Waals surface area contributed by atoms with E-state index in [1.807, 2.05) is 0 Å². The average molecular weight is 380 g/mol. The van der Waals surface area contributed by atoms with E-state index in [1.54, 1.807) is 30.3 Å². The number of benzene rings is 2. The summed E-state index contributed by atoms with van der Waals surface area (Å²) in [5, 5.41) is 6.50. The van der Waals surface area contributed by atoms with Crippen molar-refractivity contribution in [3.05, 3.63) is 52.0 Å². The molecule has 1 aliphatic rings. The number of hydrazone groups is 1. The average Bonchev–Trinajstić information content (AvgIpc) is 3.06. The van der Waals surface area contributed by atoms with E-state index < -0.39 is 11.8 Å². The Morgan fingerprint density at radius 2 is 1.88 bits per heavy atom. The minimum atomic E-state index is -0.951. The molecule has 0 spiro atoms. The molecule has 128 valence electrons. The van der Waals surface area contributed by atoms with Crippen LogP contribution in [0.3, 0.4) is 0 Å². The Morgan fingerprint density at radius 1 is 1.08 bits per heavy atom. The first-order chi connectivity index (χ1) is 12.0. The van der Waals surface area contributed by atoms with Gasteiger partial charge in [-0.2, -0.15) is 5.10 Å². The molecular formula is C16H11Cl2N3O4. The lowest BCUT2D eigenvalue weighted by atomic mass is 10.2. The van der Waals surface area contributed by atoms with Crippen LogP contribution >= 0.6 is 23.2 Å². The zero-order valence-electron chi connectivity index (χ0n) is 12.6. The van der Waals surface area contributed by atoms with Gasteiger partial charge < -0.3 is 14.8 Å². The van der Waals surface area contributed by atoms with Crippen LogP contribution in [0.5, 0.6) is 11.5 Å². The maximum Gasteiger partial charge on any atom is 0.329 e. The van der Waals surface area contributed by atoms with E-state index >= 15 is 0 Å². The van der Waals surface area contributed by atoms with E-state index in [0.717, 1.165) is 0 Å². The molecule has 9 heteroatoms. The number of nitrogens with one attached hydrogen (secondary N) is 2. The van der Waals surface area contributed by atoms with Gasteiger partial charge >= 0.3 is 11.8 Å². The number of hydrogen-bond donors (Lipinski definition) is 2. The lowest BCUT2D eigenvalue weighted by Crippen LogP contribution is -2.32. The van der Waals surface area contributed by atoms with Gasteiger partial charge in [-0.25, -0.2) is 5.43 Å². The van der Waals surface area contributed by atoms with Gasteiger partial charge in [0.1, 0.15) is 0 Å². The number of rotatable bonds is 3. The van der Waals surface area contributed by atoms with Gasteiger partial charge in [0.2, 0.25) is 6.79 Å². The Bertz CT molecular complexity index is 870.